The van der Waals surface area contributed by atoms with Gasteiger partial charge in [-0.05, 0) is 31.0 Å². The first-order chi connectivity index (χ1) is 15.2. The number of halogens is 1. The van der Waals surface area contributed by atoms with Gasteiger partial charge in [-0.25, -0.2) is 4.98 Å². The molecule has 0 bridgehead atoms. The number of morpholine rings is 1. The minimum Gasteiger partial charge on any atom is -0.497 e. The number of hydrogen-bond donors (Lipinski definition) is 2. The number of aryl methyl sites for hydroxylation is 1. The number of thiazole rings is 1. The summed E-state index contributed by atoms with van der Waals surface area (Å²) < 4.78 is 10.9. The number of hydrogen-bond acceptors (Lipinski definition) is 6. The molecule has 1 fully saturated rings. The van der Waals surface area contributed by atoms with Crippen LogP contribution >= 0.6 is 35.3 Å². The van der Waals surface area contributed by atoms with Gasteiger partial charge >= 0.3 is 0 Å². The van der Waals surface area contributed by atoms with Crippen LogP contribution in [0.1, 0.15) is 36.2 Å². The van der Waals surface area contributed by atoms with Gasteiger partial charge in [0, 0.05) is 38.0 Å². The van der Waals surface area contributed by atoms with Crippen molar-refractivity contribution in [3.63, 3.8) is 0 Å². The smallest absolute Gasteiger partial charge is 0.191 e. The quantitative estimate of drug-likeness (QED) is 0.258. The lowest BCUT2D eigenvalue weighted by atomic mass is 10.0. The van der Waals surface area contributed by atoms with Gasteiger partial charge in [0.15, 0.2) is 5.96 Å². The summed E-state index contributed by atoms with van der Waals surface area (Å²) in [4.78, 5) is 12.0. The zero-order chi connectivity index (χ0) is 21.9. The summed E-state index contributed by atoms with van der Waals surface area (Å²) in [7, 11) is 1.70. The van der Waals surface area contributed by atoms with Crippen molar-refractivity contribution in [1.29, 1.82) is 0 Å². The predicted molar refractivity (Wildman–Crippen MR) is 143 cm³/mol. The molecule has 2 aromatic rings. The van der Waals surface area contributed by atoms with Gasteiger partial charge in [0.05, 0.1) is 43.6 Å². The zero-order valence-electron chi connectivity index (χ0n) is 19.3. The minimum absolute atomic E-state index is 0. The molecule has 1 aliphatic rings. The van der Waals surface area contributed by atoms with Crippen molar-refractivity contribution < 1.29 is 9.47 Å². The van der Waals surface area contributed by atoms with E-state index in [1.54, 1.807) is 18.4 Å². The van der Waals surface area contributed by atoms with Crippen LogP contribution in [0.4, 0.5) is 0 Å². The van der Waals surface area contributed by atoms with Crippen LogP contribution in [0.5, 0.6) is 5.75 Å². The van der Waals surface area contributed by atoms with Crippen molar-refractivity contribution in [2.24, 2.45) is 4.99 Å². The Balaban J connectivity index is 0.00000363. The molecule has 0 spiro atoms. The second-order valence-corrected chi connectivity index (χ2v) is 8.36. The number of ether oxygens (including phenoxy) is 2. The normalized spacial score (nSPS) is 15.7. The van der Waals surface area contributed by atoms with E-state index in [9.17, 15) is 0 Å². The highest BCUT2D eigenvalue weighted by Crippen LogP contribution is 2.24. The van der Waals surface area contributed by atoms with Crippen molar-refractivity contribution in [2.45, 2.75) is 32.7 Å². The Morgan fingerprint density at radius 1 is 1.22 bits per heavy atom. The number of nitrogens with one attached hydrogen (secondary N) is 2. The van der Waals surface area contributed by atoms with Crippen molar-refractivity contribution in [2.75, 3.05) is 53.0 Å². The van der Waals surface area contributed by atoms with Crippen LogP contribution in [0.25, 0.3) is 0 Å². The lowest BCUT2D eigenvalue weighted by molar-refractivity contribution is 0.0179. The highest BCUT2D eigenvalue weighted by molar-refractivity contribution is 14.0. The molecule has 1 atom stereocenters. The third-order valence-electron chi connectivity index (χ3n) is 5.33. The topological polar surface area (TPSA) is 71.0 Å². The number of nitrogens with zero attached hydrogens (tertiary/aromatic N) is 3. The van der Waals surface area contributed by atoms with Crippen molar-refractivity contribution in [3.05, 3.63) is 45.9 Å². The molecule has 2 N–H and O–H groups in total. The first-order valence-corrected chi connectivity index (χ1v) is 12.0. The van der Waals surface area contributed by atoms with Crippen LogP contribution in [0, 0.1) is 0 Å². The van der Waals surface area contributed by atoms with E-state index in [0.717, 1.165) is 69.6 Å². The summed E-state index contributed by atoms with van der Waals surface area (Å²) in [5, 5.41) is 10.2. The monoisotopic (exact) mass is 573 g/mol. The van der Waals surface area contributed by atoms with E-state index >= 15 is 0 Å². The fraction of sp³-hybridized carbons (Fsp3) is 0.565. The van der Waals surface area contributed by atoms with E-state index in [1.165, 1.54) is 10.6 Å². The summed E-state index contributed by atoms with van der Waals surface area (Å²) in [5.74, 6) is 1.72. The Morgan fingerprint density at radius 2 is 1.97 bits per heavy atom. The molecule has 1 saturated heterocycles. The Labute approximate surface area is 213 Å². The Kier molecular flexibility index (Phi) is 12.3. The van der Waals surface area contributed by atoms with E-state index in [-0.39, 0.29) is 30.0 Å². The predicted octanol–water partition coefficient (Wildman–Crippen LogP) is 3.50. The Bertz CT molecular complexity index is 809. The van der Waals surface area contributed by atoms with Gasteiger partial charge in [-0.3, -0.25) is 9.89 Å². The van der Waals surface area contributed by atoms with Gasteiger partial charge in [-0.15, -0.1) is 35.3 Å². The minimum atomic E-state index is 0. The zero-order valence-corrected chi connectivity index (χ0v) is 22.4. The molecule has 1 aromatic carbocycles. The Morgan fingerprint density at radius 3 is 2.59 bits per heavy atom. The summed E-state index contributed by atoms with van der Waals surface area (Å²) in [6, 6.07) is 8.53. The molecule has 178 valence electrons. The second-order valence-electron chi connectivity index (χ2n) is 7.42. The average Bonchev–Trinajstić information content (AvgIpc) is 3.28. The molecular weight excluding hydrogens is 537 g/mol. The number of benzene rings is 1. The first-order valence-electron chi connectivity index (χ1n) is 11.1. The van der Waals surface area contributed by atoms with Gasteiger partial charge in [-0.1, -0.05) is 19.1 Å². The number of guanidine groups is 1. The largest absolute Gasteiger partial charge is 0.497 e. The standard InChI is InChI=1S/C23H35N5O2S.HI/c1-4-22-27-19(17-31-22)10-11-25-23(24-5-2)26-16-21(28-12-14-30-15-13-28)18-6-8-20(29-3)9-7-18;/h6-9,17,21H,4-5,10-16H2,1-3H3,(H2,24,25,26);1H. The molecule has 7 nitrogen and oxygen atoms in total. The summed E-state index contributed by atoms with van der Waals surface area (Å²) >= 11 is 1.74. The van der Waals surface area contributed by atoms with Gasteiger partial charge in [0.2, 0.25) is 0 Å². The van der Waals surface area contributed by atoms with Crippen molar-refractivity contribution >= 4 is 41.3 Å². The SMILES string of the molecule is CCNC(=NCC(c1ccc(OC)cc1)N1CCOCC1)NCCc1csc(CC)n1.I. The molecule has 0 radical (unpaired) electrons. The average molecular weight is 574 g/mol. The van der Waals surface area contributed by atoms with E-state index in [4.69, 9.17) is 14.5 Å². The molecule has 32 heavy (non-hydrogen) atoms. The van der Waals surface area contributed by atoms with Crippen molar-refractivity contribution in [3.8, 4) is 5.75 Å². The fourth-order valence-corrected chi connectivity index (χ4v) is 4.38. The molecule has 0 saturated carbocycles. The molecule has 9 heteroatoms. The lowest BCUT2D eigenvalue weighted by Crippen LogP contribution is -2.42. The molecule has 1 aromatic heterocycles. The first kappa shape index (κ1) is 26.8. The number of methoxy groups -OCH3 is 1. The molecule has 2 heterocycles. The molecule has 0 amide bonds. The maximum absolute atomic E-state index is 5.56. The summed E-state index contributed by atoms with van der Waals surface area (Å²) in [5.41, 5.74) is 2.39. The maximum Gasteiger partial charge on any atom is 0.191 e. The molecule has 1 aliphatic heterocycles. The summed E-state index contributed by atoms with van der Waals surface area (Å²) in [6.07, 6.45) is 1.89. The van der Waals surface area contributed by atoms with Crippen LogP contribution in [0.15, 0.2) is 34.6 Å². The van der Waals surface area contributed by atoms with Crippen LogP contribution in [0.2, 0.25) is 0 Å². The number of aromatic nitrogens is 1. The molecule has 3 rings (SSSR count). The molecular formula is C23H36IN5O2S. The summed E-state index contributed by atoms with van der Waals surface area (Å²) in [6.45, 7) is 9.91. The van der Waals surface area contributed by atoms with E-state index in [0.29, 0.717) is 6.54 Å². The molecule has 1 unspecified atom stereocenters. The highest BCUT2D eigenvalue weighted by atomic mass is 127. The second kappa shape index (κ2) is 14.7. The van der Waals surface area contributed by atoms with Gasteiger partial charge in [0.25, 0.3) is 0 Å². The maximum atomic E-state index is 5.56. The van der Waals surface area contributed by atoms with Gasteiger partial charge < -0.3 is 20.1 Å². The van der Waals surface area contributed by atoms with E-state index < -0.39 is 0 Å². The Hall–Kier alpha value is -1.43. The van der Waals surface area contributed by atoms with Crippen LogP contribution in [-0.4, -0.2) is 68.9 Å². The van der Waals surface area contributed by atoms with Crippen LogP contribution in [0.3, 0.4) is 0 Å². The molecule has 0 aliphatic carbocycles. The third kappa shape index (κ3) is 8.17. The van der Waals surface area contributed by atoms with E-state index in [2.05, 4.69) is 51.9 Å². The van der Waals surface area contributed by atoms with Crippen molar-refractivity contribution in [1.82, 2.24) is 20.5 Å². The fourth-order valence-electron chi connectivity index (χ4n) is 3.60. The highest BCUT2D eigenvalue weighted by Gasteiger charge is 2.22. The third-order valence-corrected chi connectivity index (χ3v) is 6.37. The lowest BCUT2D eigenvalue weighted by Gasteiger charge is -2.34. The van der Waals surface area contributed by atoms with Gasteiger partial charge in [0.1, 0.15) is 5.75 Å². The number of aliphatic imine (C=N–C) groups is 1. The number of rotatable bonds is 10. The van der Waals surface area contributed by atoms with Crippen LogP contribution < -0.4 is 15.4 Å². The van der Waals surface area contributed by atoms with Crippen LogP contribution in [-0.2, 0) is 17.6 Å². The van der Waals surface area contributed by atoms with E-state index in [1.807, 2.05) is 12.1 Å². The van der Waals surface area contributed by atoms with Gasteiger partial charge in [-0.2, -0.15) is 0 Å².